The molecule has 10 heteroatoms. The molecule has 0 bridgehead atoms. The summed E-state index contributed by atoms with van der Waals surface area (Å²) in [7, 11) is 1.41. The van der Waals surface area contributed by atoms with Gasteiger partial charge in [0, 0.05) is 30.2 Å². The van der Waals surface area contributed by atoms with Gasteiger partial charge in [-0.25, -0.2) is 8.78 Å². The fraction of sp³-hybridized carbons (Fsp3) is 0.231. The molecule has 0 radical (unpaired) electrons. The van der Waals surface area contributed by atoms with Crippen LogP contribution in [0.1, 0.15) is 6.42 Å². The second-order valence-electron chi connectivity index (χ2n) is 8.79. The fourth-order valence-corrected chi connectivity index (χ4v) is 5.55. The lowest BCUT2D eigenvalue weighted by Gasteiger charge is -2.47. The molecule has 182 valence electrons. The van der Waals surface area contributed by atoms with Crippen molar-refractivity contribution >= 4 is 45.0 Å². The molecule has 0 N–H and O–H groups in total. The summed E-state index contributed by atoms with van der Waals surface area (Å²) in [5.74, 6) is -0.896. The molecule has 0 aliphatic carbocycles. The Morgan fingerprint density at radius 1 is 1.22 bits per heavy atom. The molecule has 0 saturated carbocycles. The number of anilines is 1. The van der Waals surface area contributed by atoms with Crippen LogP contribution < -0.4 is 9.64 Å². The Morgan fingerprint density at radius 3 is 2.83 bits per heavy atom. The van der Waals surface area contributed by atoms with Gasteiger partial charge >= 0.3 is 6.01 Å². The van der Waals surface area contributed by atoms with E-state index < -0.39 is 11.6 Å². The number of benzene rings is 2. The summed E-state index contributed by atoms with van der Waals surface area (Å²) in [6.07, 6.45) is 3.59. The van der Waals surface area contributed by atoms with E-state index in [9.17, 15) is 9.18 Å². The number of halogens is 3. The van der Waals surface area contributed by atoms with Crippen molar-refractivity contribution in [2.45, 2.75) is 18.5 Å². The predicted molar refractivity (Wildman–Crippen MR) is 133 cm³/mol. The molecule has 2 atom stereocenters. The van der Waals surface area contributed by atoms with E-state index in [4.69, 9.17) is 16.3 Å². The highest BCUT2D eigenvalue weighted by atomic mass is 35.5. The van der Waals surface area contributed by atoms with Crippen LogP contribution in [0.25, 0.3) is 32.9 Å². The molecule has 2 fully saturated rings. The number of amides is 1. The number of fused-ring (bicyclic) bond motifs is 3. The van der Waals surface area contributed by atoms with Crippen LogP contribution in [-0.2, 0) is 4.79 Å². The van der Waals surface area contributed by atoms with Crippen molar-refractivity contribution in [2.75, 3.05) is 25.1 Å². The maximum atomic E-state index is 16.1. The molecule has 1 amide bonds. The van der Waals surface area contributed by atoms with Crippen LogP contribution in [0.3, 0.4) is 0 Å². The maximum Gasteiger partial charge on any atom is 0.318 e. The SMILES string of the molecule is C=CC(=O)N1CC[C@@H]2[C@H]1CN2c1nc(OC)nc2c(F)c(-c3cccc4ccc(F)c(Cl)c34)ncc12. The molecule has 4 heterocycles. The molecule has 2 aliphatic heterocycles. The summed E-state index contributed by atoms with van der Waals surface area (Å²) < 4.78 is 35.6. The van der Waals surface area contributed by atoms with Crippen LogP contribution in [0.4, 0.5) is 14.6 Å². The Balaban J connectivity index is 1.49. The number of carbonyl (C=O) groups excluding carboxylic acids is 1. The van der Waals surface area contributed by atoms with Gasteiger partial charge in [-0.2, -0.15) is 9.97 Å². The molecule has 2 saturated heterocycles. The third kappa shape index (κ3) is 3.22. The van der Waals surface area contributed by atoms with Crippen LogP contribution in [0, 0.1) is 11.6 Å². The van der Waals surface area contributed by atoms with E-state index in [0.29, 0.717) is 40.6 Å². The number of hydrogen-bond donors (Lipinski definition) is 0. The predicted octanol–water partition coefficient (Wildman–Crippen LogP) is 4.76. The summed E-state index contributed by atoms with van der Waals surface area (Å²) in [4.78, 5) is 29.2. The zero-order valence-corrected chi connectivity index (χ0v) is 20.0. The maximum absolute atomic E-state index is 16.1. The smallest absolute Gasteiger partial charge is 0.318 e. The Bertz CT molecular complexity index is 1580. The third-order valence-corrected chi connectivity index (χ3v) is 7.41. The lowest BCUT2D eigenvalue weighted by Crippen LogP contribution is -2.63. The Hall–Kier alpha value is -3.85. The van der Waals surface area contributed by atoms with E-state index in [1.54, 1.807) is 29.2 Å². The van der Waals surface area contributed by atoms with Crippen molar-refractivity contribution in [3.05, 3.63) is 65.8 Å². The summed E-state index contributed by atoms with van der Waals surface area (Å²) >= 11 is 6.28. The topological polar surface area (TPSA) is 71.5 Å². The lowest BCUT2D eigenvalue weighted by atomic mass is 9.96. The average molecular weight is 508 g/mol. The molecular weight excluding hydrogens is 488 g/mol. The number of rotatable bonds is 4. The quantitative estimate of drug-likeness (QED) is 0.371. The highest BCUT2D eigenvalue weighted by Gasteiger charge is 2.49. The first-order chi connectivity index (χ1) is 17.4. The number of nitrogens with zero attached hydrogens (tertiary/aromatic N) is 5. The summed E-state index contributed by atoms with van der Waals surface area (Å²) in [6.45, 7) is 4.74. The first-order valence-electron chi connectivity index (χ1n) is 11.4. The van der Waals surface area contributed by atoms with Crippen molar-refractivity contribution in [3.63, 3.8) is 0 Å². The van der Waals surface area contributed by atoms with Gasteiger partial charge in [-0.1, -0.05) is 42.4 Å². The normalized spacial score (nSPS) is 18.9. The molecule has 0 unspecified atom stereocenters. The van der Waals surface area contributed by atoms with Gasteiger partial charge in [0.2, 0.25) is 5.91 Å². The van der Waals surface area contributed by atoms with E-state index in [1.165, 1.54) is 25.4 Å². The number of likely N-dealkylation sites (tertiary alicyclic amines) is 1. The van der Waals surface area contributed by atoms with Crippen molar-refractivity contribution < 1.29 is 18.3 Å². The van der Waals surface area contributed by atoms with E-state index >= 15 is 4.39 Å². The first kappa shape index (κ1) is 22.6. The van der Waals surface area contributed by atoms with Gasteiger partial charge in [0.05, 0.1) is 29.6 Å². The molecule has 4 aromatic rings. The average Bonchev–Trinajstić information content (AvgIpc) is 3.21. The Kier molecular flexibility index (Phi) is 5.26. The second kappa shape index (κ2) is 8.37. The van der Waals surface area contributed by atoms with E-state index in [-0.39, 0.29) is 40.2 Å². The van der Waals surface area contributed by atoms with Crippen LogP contribution in [0.5, 0.6) is 6.01 Å². The van der Waals surface area contributed by atoms with E-state index in [1.807, 2.05) is 4.90 Å². The molecule has 2 aliphatic rings. The Morgan fingerprint density at radius 2 is 2.06 bits per heavy atom. The summed E-state index contributed by atoms with van der Waals surface area (Å²) in [5, 5.41) is 1.35. The zero-order chi connectivity index (χ0) is 25.1. The third-order valence-electron chi connectivity index (χ3n) is 7.04. The van der Waals surface area contributed by atoms with Crippen molar-refractivity contribution in [1.29, 1.82) is 0 Å². The number of carbonyl (C=O) groups is 1. The van der Waals surface area contributed by atoms with Gasteiger partial charge in [-0.15, -0.1) is 0 Å². The molecule has 2 aromatic heterocycles. The van der Waals surface area contributed by atoms with Crippen molar-refractivity contribution in [3.8, 4) is 17.3 Å². The minimum absolute atomic E-state index is 0.00240. The highest BCUT2D eigenvalue weighted by molar-refractivity contribution is 6.36. The summed E-state index contributed by atoms with van der Waals surface area (Å²) in [5.41, 5.74) is 0.387. The van der Waals surface area contributed by atoms with E-state index in [0.717, 1.165) is 6.42 Å². The second-order valence-corrected chi connectivity index (χ2v) is 9.17. The molecule has 6 rings (SSSR count). The van der Waals surface area contributed by atoms with Gasteiger partial charge < -0.3 is 14.5 Å². The van der Waals surface area contributed by atoms with Gasteiger partial charge in [-0.05, 0) is 23.9 Å². The van der Waals surface area contributed by atoms with Gasteiger partial charge in [-0.3, -0.25) is 9.78 Å². The number of aromatic nitrogens is 3. The first-order valence-corrected chi connectivity index (χ1v) is 11.8. The molecule has 36 heavy (non-hydrogen) atoms. The molecule has 7 nitrogen and oxygen atoms in total. The summed E-state index contributed by atoms with van der Waals surface area (Å²) in [6, 6.07) is 8.11. The molecule has 2 aromatic carbocycles. The fourth-order valence-electron chi connectivity index (χ4n) is 5.28. The van der Waals surface area contributed by atoms with Gasteiger partial charge in [0.25, 0.3) is 0 Å². The van der Waals surface area contributed by atoms with Gasteiger partial charge in [0.15, 0.2) is 5.82 Å². The standard InChI is InChI=1S/C26H20ClF2N5O2/c1-3-19(35)33-10-9-17-18(33)12-34(17)25-15-11-30-23(22(29)24(15)31-26(32-25)36-2)14-6-4-5-13-7-8-16(28)21(27)20(13)14/h3-8,11,17-18H,1,9-10,12H2,2H3/t17-,18-/m1/s1. The minimum atomic E-state index is -0.686. The molecular formula is C26H20ClF2N5O2. The monoisotopic (exact) mass is 507 g/mol. The van der Waals surface area contributed by atoms with Crippen LogP contribution in [-0.4, -0.2) is 58.0 Å². The number of pyridine rings is 1. The largest absolute Gasteiger partial charge is 0.467 e. The van der Waals surface area contributed by atoms with Gasteiger partial charge in [0.1, 0.15) is 22.8 Å². The van der Waals surface area contributed by atoms with Crippen LogP contribution in [0.2, 0.25) is 5.02 Å². The number of methoxy groups -OCH3 is 1. The number of ether oxygens (including phenoxy) is 1. The van der Waals surface area contributed by atoms with E-state index in [2.05, 4.69) is 21.5 Å². The zero-order valence-electron chi connectivity index (χ0n) is 19.2. The van der Waals surface area contributed by atoms with Crippen molar-refractivity contribution in [1.82, 2.24) is 19.9 Å². The van der Waals surface area contributed by atoms with Crippen molar-refractivity contribution in [2.24, 2.45) is 0 Å². The van der Waals surface area contributed by atoms with Crippen LogP contribution in [0.15, 0.2) is 49.2 Å². The van der Waals surface area contributed by atoms with Crippen LogP contribution >= 0.6 is 11.6 Å². The highest BCUT2D eigenvalue weighted by Crippen LogP contribution is 2.41. The number of hydrogen-bond acceptors (Lipinski definition) is 6. The minimum Gasteiger partial charge on any atom is -0.467 e. The Labute approximate surface area is 210 Å². The lowest BCUT2D eigenvalue weighted by molar-refractivity contribution is -0.127. The molecule has 0 spiro atoms.